The molecule has 666 valence electrons. The molecule has 4 N–H and O–H groups in total. The first-order valence-corrected chi connectivity index (χ1v) is 41.6. The molecule has 0 amide bonds. The zero-order valence-electron chi connectivity index (χ0n) is 69.9. The molecule has 7 aliphatic rings. The van der Waals surface area contributed by atoms with E-state index in [4.69, 9.17) is 97.6 Å². The van der Waals surface area contributed by atoms with Gasteiger partial charge in [0.25, 0.3) is 0 Å². The Balaban J connectivity index is 0.000000304. The minimum absolute atomic E-state index is 0.0957. The number of hydrogen-bond donors (Lipinski definition) is 4. The summed E-state index contributed by atoms with van der Waals surface area (Å²) in [7, 11) is 0. The van der Waals surface area contributed by atoms with Gasteiger partial charge in [0.05, 0.1) is 65.2 Å². The summed E-state index contributed by atoms with van der Waals surface area (Å²) in [4.78, 5) is 104. The summed E-state index contributed by atoms with van der Waals surface area (Å²) in [5.41, 5.74) is 8.62. The third kappa shape index (κ3) is 38.9. The number of carboxylic acid groups (broad SMARTS) is 3. The average molecular weight is 1750 g/mol. The largest absolute Gasteiger partial charge is 0.507 e. The highest BCUT2D eigenvalue weighted by atomic mass is 35.5. The van der Waals surface area contributed by atoms with Gasteiger partial charge in [-0.1, -0.05) is 156 Å². The number of aromatic hydroxyl groups is 1. The Morgan fingerprint density at radius 3 is 0.857 bits per heavy atom. The zero-order valence-corrected chi connectivity index (χ0v) is 72.2. The second-order valence-electron chi connectivity index (χ2n) is 31.2. The van der Waals surface area contributed by atoms with E-state index in [1.165, 1.54) is 51.4 Å². The number of carboxylic acids is 3. The maximum absolute atomic E-state index is 12.4. The van der Waals surface area contributed by atoms with E-state index >= 15 is 0 Å². The number of carbonyl (C=O) groups excluding carboxylic acids is 6. The standard InChI is InChI=1S/2C22H31NO5.C16H21ClO2.C14H20O.C6H11NO3.C2H2Cl2O.2C2HF3O2/c2*1-15(2)18-5-4-6-19(16(3)17-7-8-17)22(18)28-21(25)14-27-20(24)13-23-9-11-26-12-10-23;1-10(2)13-5-4-6-14(11(3)12-7-8-12)16(13)19-15(18)9-17;1-9(2)12-5-4-6-13(14(12)15)10(3)11-7-8-11;8-6(9)5-7-1-3-10-4-2-7;3-1-2(4)5;2*3-2(4,5)1(6)7/h2*4-6,15-17H,7-14H2,1-3H3;4-6,10-12H,7-9H2,1-3H3;4-6,9-11,15H,7-8H2,1-3H3;1-5H2,(H,8,9);1H2;2*(H,6,7)/t2*16-;11-;10-;;;;/m1111..../s1. The van der Waals surface area contributed by atoms with E-state index in [2.05, 4.69) is 107 Å². The topological polar surface area (TPSA) is 318 Å². The quantitative estimate of drug-likeness (QED) is 0.0142. The van der Waals surface area contributed by atoms with Gasteiger partial charge in [-0.15, -0.1) is 23.2 Å². The van der Waals surface area contributed by atoms with Crippen LogP contribution in [0.2, 0.25) is 0 Å². The van der Waals surface area contributed by atoms with E-state index in [0.29, 0.717) is 130 Å². The maximum atomic E-state index is 12.4. The highest BCUT2D eigenvalue weighted by Crippen LogP contribution is 2.50. The van der Waals surface area contributed by atoms with Crippen LogP contribution in [0.15, 0.2) is 72.8 Å². The van der Waals surface area contributed by atoms with Crippen LogP contribution in [0.3, 0.4) is 0 Å². The molecule has 4 saturated carbocycles. The van der Waals surface area contributed by atoms with Crippen LogP contribution in [-0.2, 0) is 66.8 Å². The van der Waals surface area contributed by atoms with Crippen LogP contribution < -0.4 is 14.2 Å². The Morgan fingerprint density at radius 2 is 0.622 bits per heavy atom. The number of rotatable bonds is 27. The first kappa shape index (κ1) is 104. The first-order valence-electron chi connectivity index (χ1n) is 40.2. The highest BCUT2D eigenvalue weighted by Gasteiger charge is 2.40. The fraction of sp³-hybridized carbons (Fsp3) is 0.616. The predicted octanol–water partition coefficient (Wildman–Crippen LogP) is 16.4. The molecule has 0 radical (unpaired) electrons. The lowest BCUT2D eigenvalue weighted by molar-refractivity contribution is -0.193. The fourth-order valence-electron chi connectivity index (χ4n) is 13.0. The number of aliphatic carboxylic acids is 3. The maximum Gasteiger partial charge on any atom is 0.490 e. The Kier molecular flexibility index (Phi) is 45.2. The highest BCUT2D eigenvalue weighted by molar-refractivity contribution is 6.67. The molecule has 0 unspecified atom stereocenters. The summed E-state index contributed by atoms with van der Waals surface area (Å²) in [6, 6.07) is 24.5. The van der Waals surface area contributed by atoms with Gasteiger partial charge in [0.1, 0.15) is 28.9 Å². The third-order valence-corrected chi connectivity index (χ3v) is 21.2. The molecule has 11 rings (SSSR count). The van der Waals surface area contributed by atoms with Crippen molar-refractivity contribution in [3.05, 3.63) is 117 Å². The molecule has 4 atom stereocenters. The lowest BCUT2D eigenvalue weighted by Gasteiger charge is -2.25. The van der Waals surface area contributed by atoms with Crippen molar-refractivity contribution in [2.24, 2.45) is 23.7 Å². The van der Waals surface area contributed by atoms with E-state index in [9.17, 15) is 65.0 Å². The number of para-hydroxylation sites is 4. The summed E-state index contributed by atoms with van der Waals surface area (Å²) in [6.45, 7) is 33.4. The lowest BCUT2D eigenvalue weighted by Crippen LogP contribution is -2.40. The van der Waals surface area contributed by atoms with Crippen molar-refractivity contribution in [2.45, 2.75) is 194 Å². The number of esters is 5. The summed E-state index contributed by atoms with van der Waals surface area (Å²) in [6.07, 6.45) is -0.0800. The van der Waals surface area contributed by atoms with Crippen LogP contribution in [0, 0.1) is 23.7 Å². The van der Waals surface area contributed by atoms with Gasteiger partial charge in [-0.05, 0) is 178 Å². The molecule has 0 bridgehead atoms. The number of halogens is 9. The molecule has 24 nitrogen and oxygen atoms in total. The smallest absolute Gasteiger partial charge is 0.490 e. The monoisotopic (exact) mass is 1750 g/mol. The van der Waals surface area contributed by atoms with Crippen LogP contribution in [0.5, 0.6) is 23.0 Å². The van der Waals surface area contributed by atoms with Gasteiger partial charge in [-0.2, -0.15) is 26.3 Å². The molecule has 4 aromatic rings. The molecule has 0 spiro atoms. The van der Waals surface area contributed by atoms with E-state index in [0.717, 1.165) is 75.2 Å². The molecule has 119 heavy (non-hydrogen) atoms. The number of morpholine rings is 3. The Morgan fingerprint density at radius 1 is 0.387 bits per heavy atom. The Hall–Kier alpha value is -7.68. The van der Waals surface area contributed by atoms with Gasteiger partial charge in [-0.3, -0.25) is 38.7 Å². The summed E-state index contributed by atoms with van der Waals surface area (Å²) >= 11 is 15.1. The van der Waals surface area contributed by atoms with Gasteiger partial charge in [-0.25, -0.2) is 19.2 Å². The number of ether oxygens (including phenoxy) is 8. The van der Waals surface area contributed by atoms with Crippen LogP contribution >= 0.6 is 34.8 Å². The van der Waals surface area contributed by atoms with E-state index in [-0.39, 0.29) is 62.4 Å². The second kappa shape index (κ2) is 51.9. The van der Waals surface area contributed by atoms with Crippen LogP contribution in [0.4, 0.5) is 26.3 Å². The van der Waals surface area contributed by atoms with Crippen molar-refractivity contribution < 1.29 is 128 Å². The number of carbonyl (C=O) groups is 9. The summed E-state index contributed by atoms with van der Waals surface area (Å²) in [5, 5.41) is 32.3. The molecule has 7 fully saturated rings. The number of benzene rings is 4. The summed E-state index contributed by atoms with van der Waals surface area (Å²) < 4.78 is 106. The minimum Gasteiger partial charge on any atom is -0.507 e. The van der Waals surface area contributed by atoms with Gasteiger partial charge >= 0.3 is 60.1 Å². The first-order chi connectivity index (χ1) is 56.0. The zero-order chi connectivity index (χ0) is 89.0. The number of hydrogen-bond acceptors (Lipinski definition) is 21. The Labute approximate surface area is 708 Å². The van der Waals surface area contributed by atoms with E-state index < -0.39 is 59.4 Å². The predicted molar refractivity (Wildman–Crippen MR) is 436 cm³/mol. The fourth-order valence-corrected chi connectivity index (χ4v) is 13.0. The van der Waals surface area contributed by atoms with Gasteiger partial charge in [0, 0.05) is 39.3 Å². The minimum atomic E-state index is -5.08. The average Bonchev–Trinajstić information content (AvgIpc) is 1.07. The molecule has 3 saturated heterocycles. The van der Waals surface area contributed by atoms with Crippen molar-refractivity contribution in [2.75, 3.05) is 124 Å². The van der Waals surface area contributed by atoms with Gasteiger partial charge in [0.2, 0.25) is 5.24 Å². The van der Waals surface area contributed by atoms with Crippen LogP contribution in [-0.4, -0.2) is 224 Å². The van der Waals surface area contributed by atoms with Gasteiger partial charge in [0.15, 0.2) is 13.2 Å². The SMILES string of the molecule is CC(C)c1cccc([C@H](C)C2CC2)c1O.CC(C)c1cccc([C@H](C)C2CC2)c1OC(=O)CCl.CC(C)c1cccc([C@H](C)C2CC2)c1OC(=O)COC(=O)CN1CCOCC1.CC(C)c1cccc([C@H](C)C2CC2)c1OC(=O)COC(=O)CN1CCOCC1.O=C(Cl)CCl.O=C(O)C(F)(F)F.O=C(O)C(F)(F)F.O=C(O)CN1CCOCC1. The van der Waals surface area contributed by atoms with Crippen LogP contribution in [0.1, 0.15) is 226 Å². The molecule has 33 heteroatoms. The van der Waals surface area contributed by atoms with Crippen molar-refractivity contribution in [3.63, 3.8) is 0 Å². The molecule has 4 aromatic carbocycles. The van der Waals surface area contributed by atoms with Crippen LogP contribution in [0.25, 0.3) is 0 Å². The lowest BCUT2D eigenvalue weighted by atomic mass is 9.90. The molecular formula is C86H118Cl3F6N3O21. The van der Waals surface area contributed by atoms with Crippen molar-refractivity contribution in [1.29, 1.82) is 0 Å². The molecule has 4 aliphatic carbocycles. The molecule has 3 heterocycles. The third-order valence-electron chi connectivity index (χ3n) is 20.5. The van der Waals surface area contributed by atoms with E-state index in [1.54, 1.807) is 0 Å². The number of phenolic OH excluding ortho intramolecular Hbond substituents is 1. The second-order valence-corrected chi connectivity index (χ2v) is 32.2. The van der Waals surface area contributed by atoms with Crippen molar-refractivity contribution >= 4 is 87.8 Å². The number of phenols is 1. The molecule has 0 aromatic heterocycles. The molecule has 3 aliphatic heterocycles. The summed E-state index contributed by atoms with van der Waals surface area (Å²) in [5.74, 6) is -0.483. The molecular weight excluding hydrogens is 1630 g/mol. The van der Waals surface area contributed by atoms with Crippen molar-refractivity contribution in [1.82, 2.24) is 14.7 Å². The normalized spacial score (nSPS) is 17.1. The van der Waals surface area contributed by atoms with Crippen molar-refractivity contribution in [3.8, 4) is 23.0 Å². The van der Waals surface area contributed by atoms with E-state index in [1.807, 2.05) is 63.2 Å². The number of nitrogens with zero attached hydrogens (tertiary/aromatic N) is 3. The number of alkyl halides is 8. The Bertz CT molecular complexity index is 3730. The van der Waals surface area contributed by atoms with Gasteiger partial charge < -0.3 is 58.3 Å².